The molecule has 114 valence electrons. The van der Waals surface area contributed by atoms with Crippen LogP contribution in [0.1, 0.15) is 24.3 Å². The number of aliphatic carboxylic acids is 1. The van der Waals surface area contributed by atoms with Crippen LogP contribution in [0.4, 0.5) is 5.69 Å². The molecule has 0 aliphatic carbocycles. The first-order valence-electron chi connectivity index (χ1n) is 6.96. The number of carbonyl (C=O) groups is 3. The van der Waals surface area contributed by atoms with E-state index in [9.17, 15) is 19.5 Å². The molecule has 0 unspecified atom stereocenters. The Morgan fingerprint density at radius 2 is 2.00 bits per heavy atom. The van der Waals surface area contributed by atoms with Gasteiger partial charge in [-0.1, -0.05) is 18.2 Å². The van der Waals surface area contributed by atoms with E-state index in [0.29, 0.717) is 11.3 Å². The average Bonchev–Trinajstić information content (AvgIpc) is 2.89. The van der Waals surface area contributed by atoms with Crippen molar-refractivity contribution >= 4 is 29.2 Å². The van der Waals surface area contributed by atoms with Crippen LogP contribution in [0, 0.1) is 0 Å². The minimum Gasteiger partial charge on any atom is -0.481 e. The molecule has 2 aliphatic heterocycles. The number of hydrogen-bond acceptors (Lipinski definition) is 4. The first-order valence-corrected chi connectivity index (χ1v) is 6.96. The summed E-state index contributed by atoms with van der Waals surface area (Å²) in [6.07, 6.45) is 0.511. The zero-order valence-corrected chi connectivity index (χ0v) is 12.0. The molecular formula is C15H15N3O4. The van der Waals surface area contributed by atoms with E-state index >= 15 is 0 Å². The molecule has 0 radical (unpaired) electrons. The summed E-state index contributed by atoms with van der Waals surface area (Å²) in [5.74, 6) is -2.17. The van der Waals surface area contributed by atoms with Crippen molar-refractivity contribution in [1.82, 2.24) is 5.01 Å². The fourth-order valence-electron chi connectivity index (χ4n) is 2.79. The third-order valence-electron chi connectivity index (χ3n) is 3.97. The second-order valence-electron chi connectivity index (χ2n) is 5.33. The fraction of sp³-hybridized carbons (Fsp3) is 0.333. The van der Waals surface area contributed by atoms with Gasteiger partial charge in [0, 0.05) is 32.1 Å². The quantitative estimate of drug-likeness (QED) is 0.875. The Labute approximate surface area is 126 Å². The smallest absolute Gasteiger partial charge is 0.312 e. The molecule has 1 N–H and O–H groups in total. The number of rotatable bonds is 2. The van der Waals surface area contributed by atoms with Crippen molar-refractivity contribution in [2.75, 3.05) is 18.5 Å². The average molecular weight is 301 g/mol. The summed E-state index contributed by atoms with van der Waals surface area (Å²) in [6, 6.07) is 6.98. The van der Waals surface area contributed by atoms with Gasteiger partial charge in [-0.05, 0) is 11.6 Å². The Hall–Kier alpha value is -2.70. The highest BCUT2D eigenvalue weighted by molar-refractivity contribution is 6.44. The molecular weight excluding hydrogens is 286 g/mol. The monoisotopic (exact) mass is 301 g/mol. The molecule has 22 heavy (non-hydrogen) atoms. The number of nitrogens with zero attached hydrogens (tertiary/aromatic N) is 3. The van der Waals surface area contributed by atoms with Crippen molar-refractivity contribution in [2.45, 2.75) is 18.8 Å². The van der Waals surface area contributed by atoms with Crippen molar-refractivity contribution in [2.24, 2.45) is 5.10 Å². The molecule has 1 aromatic rings. The van der Waals surface area contributed by atoms with Gasteiger partial charge in [-0.3, -0.25) is 14.4 Å². The molecule has 7 heteroatoms. The maximum atomic E-state index is 12.6. The van der Waals surface area contributed by atoms with Crippen molar-refractivity contribution in [3.63, 3.8) is 0 Å². The molecule has 2 aliphatic rings. The summed E-state index contributed by atoms with van der Waals surface area (Å²) in [6.45, 7) is 0.0875. The number of fused-ring (bicyclic) bond motifs is 1. The van der Waals surface area contributed by atoms with Crippen LogP contribution >= 0.6 is 0 Å². The third-order valence-corrected chi connectivity index (χ3v) is 3.97. The maximum Gasteiger partial charge on any atom is 0.312 e. The first-order chi connectivity index (χ1) is 10.5. The van der Waals surface area contributed by atoms with Crippen LogP contribution in [0.15, 0.2) is 29.4 Å². The van der Waals surface area contributed by atoms with Crippen LogP contribution in [0.3, 0.4) is 0 Å². The largest absolute Gasteiger partial charge is 0.481 e. The van der Waals surface area contributed by atoms with Gasteiger partial charge in [0.25, 0.3) is 5.91 Å². The maximum absolute atomic E-state index is 12.6. The summed E-state index contributed by atoms with van der Waals surface area (Å²) in [4.78, 5) is 36.9. The highest BCUT2D eigenvalue weighted by Crippen LogP contribution is 2.36. The van der Waals surface area contributed by atoms with Crippen molar-refractivity contribution in [1.29, 1.82) is 0 Å². The number of para-hydroxylation sites is 1. The predicted octanol–water partition coefficient (Wildman–Crippen LogP) is 0.810. The summed E-state index contributed by atoms with van der Waals surface area (Å²) < 4.78 is 0. The molecule has 0 aromatic heterocycles. The number of hydrogen-bond donors (Lipinski definition) is 1. The van der Waals surface area contributed by atoms with Crippen molar-refractivity contribution in [3.05, 3.63) is 29.8 Å². The minimum absolute atomic E-state index is 0.0875. The standard InChI is InChI=1S/C15H15N3O4/c1-17-13(19)7-6-11(16-17)14(20)18-8-10(15(21)22)9-4-2-3-5-12(9)18/h2-5,10H,6-8H2,1H3,(H,21,22)/t10-/m1/s1. The van der Waals surface area contributed by atoms with E-state index in [4.69, 9.17) is 0 Å². The second-order valence-corrected chi connectivity index (χ2v) is 5.33. The Bertz CT molecular complexity index is 698. The summed E-state index contributed by atoms with van der Waals surface area (Å²) in [5, 5.41) is 14.5. The SMILES string of the molecule is CN1N=C(C(=O)N2C[C@@H](C(=O)O)c3ccccc32)CCC1=O. The van der Waals surface area contributed by atoms with E-state index in [1.165, 1.54) is 11.9 Å². The van der Waals surface area contributed by atoms with Gasteiger partial charge in [-0.25, -0.2) is 5.01 Å². The third kappa shape index (κ3) is 2.24. The van der Waals surface area contributed by atoms with Gasteiger partial charge in [0.15, 0.2) is 0 Å². The Balaban J connectivity index is 1.93. The predicted molar refractivity (Wildman–Crippen MR) is 78.6 cm³/mol. The zero-order chi connectivity index (χ0) is 15.9. The van der Waals surface area contributed by atoms with E-state index in [2.05, 4.69) is 5.10 Å². The number of carboxylic acid groups (broad SMARTS) is 1. The topological polar surface area (TPSA) is 90.3 Å². The minimum atomic E-state index is -0.958. The lowest BCUT2D eigenvalue weighted by molar-refractivity contribution is -0.138. The molecule has 1 aromatic carbocycles. The molecule has 1 atom stereocenters. The number of carboxylic acids is 1. The number of benzene rings is 1. The van der Waals surface area contributed by atoms with Gasteiger partial charge in [-0.15, -0.1) is 0 Å². The molecule has 0 spiro atoms. The summed E-state index contributed by atoms with van der Waals surface area (Å²) in [5.41, 5.74) is 1.51. The first kappa shape index (κ1) is 14.2. The fourth-order valence-corrected chi connectivity index (χ4v) is 2.79. The Morgan fingerprint density at radius 3 is 2.68 bits per heavy atom. The van der Waals surface area contributed by atoms with Gasteiger partial charge < -0.3 is 10.0 Å². The zero-order valence-electron chi connectivity index (χ0n) is 12.0. The number of amides is 2. The molecule has 0 fully saturated rings. The van der Waals surface area contributed by atoms with Gasteiger partial charge in [0.1, 0.15) is 11.6 Å². The van der Waals surface area contributed by atoms with E-state index in [-0.39, 0.29) is 36.9 Å². The molecule has 3 rings (SSSR count). The second kappa shape index (κ2) is 5.25. The molecule has 2 amide bonds. The van der Waals surface area contributed by atoms with Crippen LogP contribution in [-0.2, 0) is 14.4 Å². The number of carbonyl (C=O) groups excluding carboxylic acids is 2. The highest BCUT2D eigenvalue weighted by atomic mass is 16.4. The van der Waals surface area contributed by atoms with Crippen LogP contribution in [0.5, 0.6) is 0 Å². The normalized spacial score (nSPS) is 20.7. The van der Waals surface area contributed by atoms with Gasteiger partial charge in [-0.2, -0.15) is 5.10 Å². The number of anilines is 1. The number of hydrazone groups is 1. The van der Waals surface area contributed by atoms with E-state index in [0.717, 1.165) is 5.01 Å². The lowest BCUT2D eigenvalue weighted by atomic mass is 10.0. The van der Waals surface area contributed by atoms with E-state index < -0.39 is 11.9 Å². The molecule has 2 heterocycles. The van der Waals surface area contributed by atoms with Gasteiger partial charge in [0.2, 0.25) is 5.91 Å². The van der Waals surface area contributed by atoms with Crippen LogP contribution < -0.4 is 4.90 Å². The summed E-state index contributed by atoms with van der Waals surface area (Å²) >= 11 is 0. The Kier molecular flexibility index (Phi) is 3.40. The van der Waals surface area contributed by atoms with Crippen LogP contribution in [-0.4, -0.2) is 47.2 Å². The van der Waals surface area contributed by atoms with Crippen LogP contribution in [0.2, 0.25) is 0 Å². The molecule has 0 saturated heterocycles. The van der Waals surface area contributed by atoms with Crippen molar-refractivity contribution in [3.8, 4) is 0 Å². The summed E-state index contributed by atoms with van der Waals surface area (Å²) in [7, 11) is 1.51. The molecule has 0 saturated carbocycles. The lowest BCUT2D eigenvalue weighted by Gasteiger charge is -2.23. The van der Waals surface area contributed by atoms with E-state index in [1.54, 1.807) is 24.3 Å². The molecule has 0 bridgehead atoms. The van der Waals surface area contributed by atoms with Crippen LogP contribution in [0.25, 0.3) is 0 Å². The van der Waals surface area contributed by atoms with Gasteiger partial charge in [0.05, 0.1) is 0 Å². The van der Waals surface area contributed by atoms with E-state index in [1.807, 2.05) is 0 Å². The Morgan fingerprint density at radius 1 is 1.27 bits per heavy atom. The lowest BCUT2D eigenvalue weighted by Crippen LogP contribution is -2.40. The van der Waals surface area contributed by atoms with Crippen molar-refractivity contribution < 1.29 is 19.5 Å². The van der Waals surface area contributed by atoms with Gasteiger partial charge >= 0.3 is 5.97 Å². The molecule has 7 nitrogen and oxygen atoms in total. The highest BCUT2D eigenvalue weighted by Gasteiger charge is 2.38.